The van der Waals surface area contributed by atoms with E-state index in [2.05, 4.69) is 15.5 Å². The third-order valence-corrected chi connectivity index (χ3v) is 3.89. The predicted molar refractivity (Wildman–Crippen MR) is 94.6 cm³/mol. The van der Waals surface area contributed by atoms with Crippen LogP contribution in [-0.4, -0.2) is 30.4 Å². The van der Waals surface area contributed by atoms with Gasteiger partial charge in [0, 0.05) is 24.7 Å². The molecule has 10 heteroatoms. The van der Waals surface area contributed by atoms with Gasteiger partial charge in [0.25, 0.3) is 0 Å². The minimum Gasteiger partial charge on any atom is -0.323 e. The molecule has 0 atom stereocenters. The van der Waals surface area contributed by atoms with Crippen molar-refractivity contribution < 1.29 is 14.1 Å². The van der Waals surface area contributed by atoms with Crippen molar-refractivity contribution >= 4 is 17.3 Å². The lowest BCUT2D eigenvalue weighted by atomic mass is 10.2. The van der Waals surface area contributed by atoms with E-state index in [1.54, 1.807) is 31.3 Å². The summed E-state index contributed by atoms with van der Waals surface area (Å²) in [6.07, 6.45) is 4.47. The van der Waals surface area contributed by atoms with Crippen LogP contribution in [-0.2, 0) is 17.9 Å². The third-order valence-electron chi connectivity index (χ3n) is 3.89. The van der Waals surface area contributed by atoms with Gasteiger partial charge in [-0.1, -0.05) is 18.2 Å². The summed E-state index contributed by atoms with van der Waals surface area (Å²) in [6, 6.07) is 6.40. The number of nitro groups is 1. The maximum Gasteiger partial charge on any atom is 0.309 e. The van der Waals surface area contributed by atoms with E-state index in [1.807, 2.05) is 0 Å². The van der Waals surface area contributed by atoms with Crippen molar-refractivity contribution in [1.82, 2.24) is 19.6 Å². The van der Waals surface area contributed by atoms with Crippen LogP contribution in [0.15, 0.2) is 42.9 Å². The van der Waals surface area contributed by atoms with Crippen molar-refractivity contribution in [3.8, 4) is 0 Å². The number of aryl methyl sites for hydroxylation is 2. The first-order chi connectivity index (χ1) is 12.9. The van der Waals surface area contributed by atoms with Crippen LogP contribution in [0.2, 0.25) is 0 Å². The molecule has 0 aliphatic heterocycles. The van der Waals surface area contributed by atoms with Gasteiger partial charge in [-0.05, 0) is 13.0 Å². The fraction of sp³-hybridized carbons (Fsp3) is 0.235. The van der Waals surface area contributed by atoms with Crippen LogP contribution in [0.4, 0.5) is 15.8 Å². The fourth-order valence-corrected chi connectivity index (χ4v) is 2.56. The Bertz CT molecular complexity index is 981. The van der Waals surface area contributed by atoms with E-state index in [0.717, 1.165) is 0 Å². The molecule has 9 nitrogen and oxygen atoms in total. The monoisotopic (exact) mass is 372 g/mol. The molecule has 0 aliphatic carbocycles. The quantitative estimate of drug-likeness (QED) is 0.506. The first-order valence-corrected chi connectivity index (χ1v) is 8.16. The van der Waals surface area contributed by atoms with Crippen LogP contribution in [0, 0.1) is 22.9 Å². The minimum absolute atomic E-state index is 0.0789. The predicted octanol–water partition coefficient (Wildman–Crippen LogP) is 2.51. The SMILES string of the molecule is Cc1nn(CCC(=O)Nc2cnn(Cc3ccccc3F)c2)cc1[N+](=O)[O-]. The molecule has 2 aromatic heterocycles. The summed E-state index contributed by atoms with van der Waals surface area (Å²) in [6.45, 7) is 2.00. The van der Waals surface area contributed by atoms with Crippen LogP contribution in [0.5, 0.6) is 0 Å². The normalized spacial score (nSPS) is 10.7. The Morgan fingerprint density at radius 1 is 1.30 bits per heavy atom. The van der Waals surface area contributed by atoms with E-state index < -0.39 is 4.92 Å². The largest absolute Gasteiger partial charge is 0.323 e. The van der Waals surface area contributed by atoms with Gasteiger partial charge in [-0.2, -0.15) is 10.2 Å². The average molecular weight is 372 g/mol. The summed E-state index contributed by atoms with van der Waals surface area (Å²) >= 11 is 0. The smallest absolute Gasteiger partial charge is 0.309 e. The zero-order valence-corrected chi connectivity index (χ0v) is 14.5. The molecule has 0 spiro atoms. The molecule has 0 aliphatic rings. The molecule has 2 heterocycles. The van der Waals surface area contributed by atoms with Gasteiger partial charge in [-0.15, -0.1) is 0 Å². The summed E-state index contributed by atoms with van der Waals surface area (Å²) in [7, 11) is 0. The summed E-state index contributed by atoms with van der Waals surface area (Å²) in [5.41, 5.74) is 1.20. The molecule has 0 fully saturated rings. The molecular formula is C17H17FN6O3. The van der Waals surface area contributed by atoms with Gasteiger partial charge in [-0.25, -0.2) is 4.39 Å². The van der Waals surface area contributed by atoms with E-state index in [4.69, 9.17) is 0 Å². The van der Waals surface area contributed by atoms with Gasteiger partial charge in [0.1, 0.15) is 17.7 Å². The van der Waals surface area contributed by atoms with Crippen LogP contribution in [0.1, 0.15) is 17.7 Å². The maximum atomic E-state index is 13.7. The van der Waals surface area contributed by atoms with Crippen molar-refractivity contribution in [2.45, 2.75) is 26.4 Å². The summed E-state index contributed by atoms with van der Waals surface area (Å²) in [5, 5.41) is 21.6. The molecule has 140 valence electrons. The Morgan fingerprint density at radius 3 is 2.78 bits per heavy atom. The van der Waals surface area contributed by atoms with Gasteiger partial charge in [0.05, 0.1) is 23.4 Å². The lowest BCUT2D eigenvalue weighted by Crippen LogP contribution is -2.14. The van der Waals surface area contributed by atoms with E-state index in [-0.39, 0.29) is 36.9 Å². The molecule has 1 aromatic carbocycles. The number of rotatable bonds is 7. The van der Waals surface area contributed by atoms with Crippen LogP contribution in [0.25, 0.3) is 0 Å². The highest BCUT2D eigenvalue weighted by Crippen LogP contribution is 2.15. The molecule has 0 unspecified atom stereocenters. The number of halogens is 1. The lowest BCUT2D eigenvalue weighted by Gasteiger charge is -2.04. The van der Waals surface area contributed by atoms with Crippen LogP contribution in [0.3, 0.4) is 0 Å². The van der Waals surface area contributed by atoms with E-state index in [0.29, 0.717) is 16.9 Å². The van der Waals surface area contributed by atoms with Crippen molar-refractivity contribution in [3.05, 3.63) is 70.0 Å². The second-order valence-corrected chi connectivity index (χ2v) is 5.94. The van der Waals surface area contributed by atoms with E-state index in [1.165, 1.54) is 27.8 Å². The molecule has 3 aromatic rings. The molecule has 0 bridgehead atoms. The molecule has 27 heavy (non-hydrogen) atoms. The average Bonchev–Trinajstić information content (AvgIpc) is 3.21. The lowest BCUT2D eigenvalue weighted by molar-refractivity contribution is -0.385. The minimum atomic E-state index is -0.511. The zero-order valence-electron chi connectivity index (χ0n) is 14.5. The number of carbonyl (C=O) groups is 1. The number of amides is 1. The van der Waals surface area contributed by atoms with E-state index >= 15 is 0 Å². The Morgan fingerprint density at radius 2 is 2.07 bits per heavy atom. The Labute approximate surface area is 153 Å². The van der Waals surface area contributed by atoms with Gasteiger partial charge in [0.2, 0.25) is 5.91 Å². The molecule has 3 rings (SSSR count). The maximum absolute atomic E-state index is 13.7. The highest BCUT2D eigenvalue weighted by Gasteiger charge is 2.15. The summed E-state index contributed by atoms with van der Waals surface area (Å²) in [4.78, 5) is 22.3. The van der Waals surface area contributed by atoms with E-state index in [9.17, 15) is 19.3 Å². The Hall–Kier alpha value is -3.56. The molecule has 0 saturated carbocycles. The molecular weight excluding hydrogens is 355 g/mol. The first-order valence-electron chi connectivity index (χ1n) is 8.16. The Kier molecular flexibility index (Phi) is 5.25. The van der Waals surface area contributed by atoms with Gasteiger partial charge >= 0.3 is 5.69 Å². The van der Waals surface area contributed by atoms with Gasteiger partial charge in [-0.3, -0.25) is 24.3 Å². The number of nitrogens with one attached hydrogen (secondary N) is 1. The topological polar surface area (TPSA) is 108 Å². The van der Waals surface area contributed by atoms with Crippen LogP contribution < -0.4 is 5.32 Å². The summed E-state index contributed by atoms with van der Waals surface area (Å²) < 4.78 is 16.6. The second kappa shape index (κ2) is 7.77. The van der Waals surface area contributed by atoms with Gasteiger partial charge < -0.3 is 5.32 Å². The van der Waals surface area contributed by atoms with Crippen molar-refractivity contribution in [2.24, 2.45) is 0 Å². The third kappa shape index (κ3) is 4.54. The Balaban J connectivity index is 1.54. The number of aromatic nitrogens is 4. The molecule has 0 radical (unpaired) electrons. The van der Waals surface area contributed by atoms with Crippen molar-refractivity contribution in [1.29, 1.82) is 0 Å². The molecule has 1 N–H and O–H groups in total. The molecule has 1 amide bonds. The van der Waals surface area contributed by atoms with Crippen molar-refractivity contribution in [2.75, 3.05) is 5.32 Å². The number of nitrogens with zero attached hydrogens (tertiary/aromatic N) is 5. The number of anilines is 1. The number of hydrogen-bond acceptors (Lipinski definition) is 5. The number of hydrogen-bond donors (Lipinski definition) is 1. The summed E-state index contributed by atoms with van der Waals surface area (Å²) in [5.74, 6) is -0.599. The van der Waals surface area contributed by atoms with Crippen LogP contribution >= 0.6 is 0 Å². The number of carbonyl (C=O) groups excluding carboxylic acids is 1. The second-order valence-electron chi connectivity index (χ2n) is 5.94. The fourth-order valence-electron chi connectivity index (χ4n) is 2.56. The number of benzene rings is 1. The first kappa shape index (κ1) is 18.2. The highest BCUT2D eigenvalue weighted by atomic mass is 19.1. The standard InChI is InChI=1S/C17H17FN6O3/c1-12-16(24(26)27)11-22(21-12)7-6-17(25)20-14-8-19-23(10-14)9-13-4-2-3-5-15(13)18/h2-5,8,10-11H,6-7,9H2,1H3,(H,20,25). The molecule has 0 saturated heterocycles. The van der Waals surface area contributed by atoms with Crippen molar-refractivity contribution in [3.63, 3.8) is 0 Å². The van der Waals surface area contributed by atoms with Gasteiger partial charge in [0.15, 0.2) is 0 Å². The zero-order chi connectivity index (χ0) is 19.4. The highest BCUT2D eigenvalue weighted by molar-refractivity contribution is 5.90.